The third-order valence-corrected chi connectivity index (χ3v) is 6.54. The molecule has 4 aromatic rings. The minimum absolute atomic E-state index is 0.183. The van der Waals surface area contributed by atoms with Gasteiger partial charge in [-0.1, -0.05) is 0 Å². The molecule has 1 saturated carbocycles. The largest absolute Gasteiger partial charge is 0.612 e. The van der Waals surface area contributed by atoms with Crippen molar-refractivity contribution in [2.75, 3.05) is 12.9 Å². The first kappa shape index (κ1) is 20.7. The quantitative estimate of drug-likeness (QED) is 0.420. The van der Waals surface area contributed by atoms with Crippen molar-refractivity contribution in [2.24, 2.45) is 20.0 Å². The van der Waals surface area contributed by atoms with Crippen molar-refractivity contribution in [3.8, 4) is 28.3 Å². The van der Waals surface area contributed by atoms with Gasteiger partial charge < -0.3 is 13.9 Å². The van der Waals surface area contributed by atoms with Gasteiger partial charge in [0.2, 0.25) is 0 Å². The molecule has 1 fully saturated rings. The Bertz CT molecular complexity index is 1370. The zero-order valence-electron chi connectivity index (χ0n) is 18.1. The van der Waals surface area contributed by atoms with E-state index < -0.39 is 11.2 Å². The lowest BCUT2D eigenvalue weighted by molar-refractivity contribution is 0.301. The molecule has 9 heteroatoms. The third kappa shape index (κ3) is 3.89. The van der Waals surface area contributed by atoms with Crippen molar-refractivity contribution in [1.29, 1.82) is 0 Å². The number of nitrogens with zero attached hydrogens (tertiary/aromatic N) is 5. The lowest BCUT2D eigenvalue weighted by atomic mass is 10.0. The average Bonchev–Trinajstić information content (AvgIpc) is 3.52. The van der Waals surface area contributed by atoms with Crippen LogP contribution in [0, 0.1) is 5.92 Å². The van der Waals surface area contributed by atoms with E-state index in [9.17, 15) is 9.35 Å². The van der Waals surface area contributed by atoms with Crippen molar-refractivity contribution < 1.29 is 9.29 Å². The van der Waals surface area contributed by atoms with Gasteiger partial charge in [-0.25, -0.2) is 9.97 Å². The molecule has 0 saturated heterocycles. The van der Waals surface area contributed by atoms with Crippen LogP contribution in [0.15, 0.2) is 52.7 Å². The van der Waals surface area contributed by atoms with E-state index in [0.717, 1.165) is 16.7 Å². The molecule has 32 heavy (non-hydrogen) atoms. The summed E-state index contributed by atoms with van der Waals surface area (Å²) in [6, 6.07) is 5.54. The van der Waals surface area contributed by atoms with Crippen LogP contribution in [-0.4, -0.2) is 41.7 Å². The Morgan fingerprint density at radius 2 is 2.00 bits per heavy atom. The standard InChI is InChI=1S/C23H23N5O3S/c1-27-12-19(17-8-16(32(3)30)6-7-20(17)31-13-14-4-5-14)21-18(23(27)29)10-24-22(26-21)15-9-25-28(2)11-15/h6-12,14H,4-5,13H2,1-3H3. The van der Waals surface area contributed by atoms with Gasteiger partial charge in [-0.15, -0.1) is 0 Å². The minimum atomic E-state index is -1.16. The molecule has 0 aliphatic heterocycles. The van der Waals surface area contributed by atoms with Gasteiger partial charge in [0.15, 0.2) is 10.7 Å². The number of aromatic nitrogens is 5. The summed E-state index contributed by atoms with van der Waals surface area (Å²) in [5.74, 6) is 1.75. The molecule has 164 valence electrons. The van der Waals surface area contributed by atoms with Crippen LogP contribution in [0.3, 0.4) is 0 Å². The number of pyridine rings is 1. The lowest BCUT2D eigenvalue weighted by Crippen LogP contribution is -2.18. The van der Waals surface area contributed by atoms with Crippen LogP contribution < -0.4 is 10.3 Å². The van der Waals surface area contributed by atoms with Gasteiger partial charge in [-0.2, -0.15) is 5.10 Å². The summed E-state index contributed by atoms with van der Waals surface area (Å²) in [6.07, 6.45) is 10.8. The van der Waals surface area contributed by atoms with Crippen LogP contribution >= 0.6 is 0 Å². The highest BCUT2D eigenvalue weighted by molar-refractivity contribution is 7.90. The van der Waals surface area contributed by atoms with Crippen molar-refractivity contribution in [2.45, 2.75) is 17.7 Å². The fourth-order valence-electron chi connectivity index (χ4n) is 3.64. The number of hydrogen-bond acceptors (Lipinski definition) is 6. The highest BCUT2D eigenvalue weighted by Gasteiger charge is 2.24. The zero-order valence-corrected chi connectivity index (χ0v) is 18.9. The van der Waals surface area contributed by atoms with E-state index in [1.165, 1.54) is 17.4 Å². The smallest absolute Gasteiger partial charge is 0.261 e. The van der Waals surface area contributed by atoms with Crippen LogP contribution in [0.1, 0.15) is 12.8 Å². The Balaban J connectivity index is 1.74. The Kier molecular flexibility index (Phi) is 5.22. The predicted molar refractivity (Wildman–Crippen MR) is 123 cm³/mol. The van der Waals surface area contributed by atoms with Gasteiger partial charge in [-0.05, 0) is 42.1 Å². The van der Waals surface area contributed by atoms with E-state index in [4.69, 9.17) is 9.72 Å². The molecule has 0 radical (unpaired) electrons. The molecular weight excluding hydrogens is 426 g/mol. The van der Waals surface area contributed by atoms with E-state index in [2.05, 4.69) is 10.1 Å². The maximum atomic E-state index is 12.8. The minimum Gasteiger partial charge on any atom is -0.612 e. The van der Waals surface area contributed by atoms with Gasteiger partial charge >= 0.3 is 0 Å². The van der Waals surface area contributed by atoms with Gasteiger partial charge in [-0.3, -0.25) is 9.48 Å². The average molecular weight is 450 g/mol. The second-order valence-corrected chi connectivity index (χ2v) is 9.56. The van der Waals surface area contributed by atoms with Crippen LogP contribution in [0.4, 0.5) is 0 Å². The molecule has 0 N–H and O–H groups in total. The van der Waals surface area contributed by atoms with Crippen LogP contribution in [-0.2, 0) is 25.3 Å². The molecule has 1 atom stereocenters. The normalized spacial score (nSPS) is 14.6. The highest BCUT2D eigenvalue weighted by atomic mass is 32.2. The maximum absolute atomic E-state index is 12.8. The summed E-state index contributed by atoms with van der Waals surface area (Å²) < 4.78 is 21.6. The summed E-state index contributed by atoms with van der Waals surface area (Å²) in [4.78, 5) is 22.7. The van der Waals surface area contributed by atoms with Gasteiger partial charge in [0.25, 0.3) is 5.56 Å². The SMILES string of the molecule is Cn1cc(-c2ncc3c(=O)n(C)cc(-c4cc([S+](C)[O-])ccc4OCC4CC4)c3n2)cn1. The first-order valence-corrected chi connectivity index (χ1v) is 11.9. The molecule has 1 aromatic carbocycles. The van der Waals surface area contributed by atoms with E-state index in [1.807, 2.05) is 31.4 Å². The topological polar surface area (TPSA) is 97.9 Å². The fourth-order valence-corrected chi connectivity index (χ4v) is 4.18. The van der Waals surface area contributed by atoms with E-state index in [0.29, 0.717) is 39.9 Å². The van der Waals surface area contributed by atoms with Crippen LogP contribution in [0.5, 0.6) is 5.75 Å². The number of rotatable bonds is 6. The van der Waals surface area contributed by atoms with Crippen LogP contribution in [0.2, 0.25) is 0 Å². The molecule has 3 heterocycles. The zero-order chi connectivity index (χ0) is 22.4. The molecule has 0 bridgehead atoms. The van der Waals surface area contributed by atoms with E-state index in [1.54, 1.807) is 36.6 Å². The number of benzene rings is 1. The first-order valence-electron chi connectivity index (χ1n) is 10.4. The summed E-state index contributed by atoms with van der Waals surface area (Å²) in [7, 11) is 3.53. The summed E-state index contributed by atoms with van der Waals surface area (Å²) in [5.41, 5.74) is 2.59. The van der Waals surface area contributed by atoms with Crippen molar-refractivity contribution >= 4 is 22.1 Å². The number of ether oxygens (including phenoxy) is 1. The Morgan fingerprint density at radius 3 is 2.69 bits per heavy atom. The molecule has 8 nitrogen and oxygen atoms in total. The van der Waals surface area contributed by atoms with E-state index >= 15 is 0 Å². The first-order chi connectivity index (χ1) is 15.4. The second kappa shape index (κ2) is 8.07. The van der Waals surface area contributed by atoms with Gasteiger partial charge in [0, 0.05) is 49.9 Å². The highest BCUT2D eigenvalue weighted by Crippen LogP contribution is 2.37. The number of aryl methyl sites for hydroxylation is 2. The Hall–Kier alpha value is -3.17. The summed E-state index contributed by atoms with van der Waals surface area (Å²) in [5, 5.41) is 4.61. The number of fused-ring (bicyclic) bond motifs is 1. The molecular formula is C23H23N5O3S. The van der Waals surface area contributed by atoms with Gasteiger partial charge in [0.05, 0.1) is 29.3 Å². The molecule has 1 unspecified atom stereocenters. The van der Waals surface area contributed by atoms with Gasteiger partial charge in [0.1, 0.15) is 12.0 Å². The summed E-state index contributed by atoms with van der Waals surface area (Å²) in [6.45, 7) is 0.640. The monoisotopic (exact) mass is 449 g/mol. The summed E-state index contributed by atoms with van der Waals surface area (Å²) >= 11 is -1.16. The molecule has 3 aromatic heterocycles. The maximum Gasteiger partial charge on any atom is 0.261 e. The molecule has 5 rings (SSSR count). The predicted octanol–water partition coefficient (Wildman–Crippen LogP) is 2.92. The lowest BCUT2D eigenvalue weighted by Gasteiger charge is -2.16. The molecule has 0 amide bonds. The van der Waals surface area contributed by atoms with Crippen LogP contribution in [0.25, 0.3) is 33.4 Å². The van der Waals surface area contributed by atoms with Crippen molar-refractivity contribution in [3.63, 3.8) is 0 Å². The molecule has 0 spiro atoms. The number of hydrogen-bond donors (Lipinski definition) is 0. The third-order valence-electron chi connectivity index (χ3n) is 5.63. The second-order valence-electron chi connectivity index (χ2n) is 8.18. The Labute approximate surface area is 188 Å². The fraction of sp³-hybridized carbons (Fsp3) is 0.304. The molecule has 1 aliphatic rings. The van der Waals surface area contributed by atoms with Crippen molar-refractivity contribution in [3.05, 3.63) is 53.3 Å². The molecule has 1 aliphatic carbocycles. The van der Waals surface area contributed by atoms with Crippen molar-refractivity contribution in [1.82, 2.24) is 24.3 Å². The van der Waals surface area contributed by atoms with E-state index in [-0.39, 0.29) is 5.56 Å². The Morgan fingerprint density at radius 1 is 1.19 bits per heavy atom.